The van der Waals surface area contributed by atoms with Gasteiger partial charge in [-0.05, 0) is 61.7 Å². The Morgan fingerprint density at radius 3 is 2.56 bits per heavy atom. The van der Waals surface area contributed by atoms with E-state index >= 15 is 0 Å². The van der Waals surface area contributed by atoms with Crippen LogP contribution in [0.15, 0.2) is 47.1 Å². The van der Waals surface area contributed by atoms with E-state index < -0.39 is 0 Å². The third-order valence-corrected chi connectivity index (χ3v) is 5.28. The standard InChI is InChI=1S/C21H26FNO2/c1-2-20(24)21(16-5-7-18(22)8-6-16)17-9-12-23(13-10-17)14-11-19-4-3-15-25-19/h3-8,15,17,21H,2,9-14H2,1H3. The van der Waals surface area contributed by atoms with Gasteiger partial charge in [0.1, 0.15) is 17.4 Å². The molecule has 1 unspecified atom stereocenters. The SMILES string of the molecule is CCC(=O)C(c1ccc(F)cc1)C1CCN(CCc2ccco2)CC1. The lowest BCUT2D eigenvalue weighted by atomic mass is 9.77. The van der Waals surface area contributed by atoms with Crippen LogP contribution in [0.4, 0.5) is 4.39 Å². The number of carbonyl (C=O) groups is 1. The molecule has 1 aromatic carbocycles. The second kappa shape index (κ2) is 8.43. The van der Waals surface area contributed by atoms with Gasteiger partial charge in [-0.1, -0.05) is 19.1 Å². The topological polar surface area (TPSA) is 33.5 Å². The molecule has 1 aliphatic rings. The molecule has 1 aliphatic heterocycles. The minimum Gasteiger partial charge on any atom is -0.469 e. The van der Waals surface area contributed by atoms with Crippen molar-refractivity contribution in [2.45, 2.75) is 38.5 Å². The number of Topliss-reactive ketones (excluding diaryl/α,β-unsaturated/α-hetero) is 1. The van der Waals surface area contributed by atoms with Gasteiger partial charge in [-0.3, -0.25) is 4.79 Å². The molecule has 0 saturated carbocycles. The Bertz CT molecular complexity index is 658. The fourth-order valence-corrected chi connectivity index (χ4v) is 3.84. The first-order valence-electron chi connectivity index (χ1n) is 9.20. The first-order valence-corrected chi connectivity index (χ1v) is 9.20. The number of likely N-dealkylation sites (tertiary alicyclic amines) is 1. The second-order valence-electron chi connectivity index (χ2n) is 6.86. The summed E-state index contributed by atoms with van der Waals surface area (Å²) in [5.41, 5.74) is 0.960. The molecule has 0 spiro atoms. The molecule has 1 saturated heterocycles. The third kappa shape index (κ3) is 4.57. The van der Waals surface area contributed by atoms with Crippen molar-refractivity contribution in [3.05, 3.63) is 59.8 Å². The highest BCUT2D eigenvalue weighted by Gasteiger charge is 2.31. The Hall–Kier alpha value is -1.94. The van der Waals surface area contributed by atoms with Crippen molar-refractivity contribution in [2.24, 2.45) is 5.92 Å². The summed E-state index contributed by atoms with van der Waals surface area (Å²) in [5, 5.41) is 0. The maximum absolute atomic E-state index is 13.2. The van der Waals surface area contributed by atoms with E-state index in [0.29, 0.717) is 12.3 Å². The molecule has 25 heavy (non-hydrogen) atoms. The summed E-state index contributed by atoms with van der Waals surface area (Å²) in [6.45, 7) is 4.90. The molecule has 2 heterocycles. The lowest BCUT2D eigenvalue weighted by Crippen LogP contribution is -2.38. The van der Waals surface area contributed by atoms with E-state index in [9.17, 15) is 9.18 Å². The quantitative estimate of drug-likeness (QED) is 0.745. The Kier molecular flexibility index (Phi) is 6.03. The zero-order valence-corrected chi connectivity index (χ0v) is 14.8. The molecule has 1 fully saturated rings. The van der Waals surface area contributed by atoms with Gasteiger partial charge in [-0.25, -0.2) is 4.39 Å². The van der Waals surface area contributed by atoms with E-state index in [2.05, 4.69) is 4.90 Å². The minimum absolute atomic E-state index is 0.0992. The molecule has 0 aliphatic carbocycles. The highest BCUT2D eigenvalue weighted by Crippen LogP contribution is 2.34. The van der Waals surface area contributed by atoms with Crippen molar-refractivity contribution in [2.75, 3.05) is 19.6 Å². The third-order valence-electron chi connectivity index (χ3n) is 5.28. The molecule has 3 nitrogen and oxygen atoms in total. The molecule has 134 valence electrons. The number of halogens is 1. The zero-order chi connectivity index (χ0) is 17.6. The Labute approximate surface area is 148 Å². The van der Waals surface area contributed by atoms with Crippen LogP contribution in [0.5, 0.6) is 0 Å². The lowest BCUT2D eigenvalue weighted by molar-refractivity contribution is -0.121. The van der Waals surface area contributed by atoms with Crippen LogP contribution in [-0.2, 0) is 11.2 Å². The number of piperidine rings is 1. The molecule has 4 heteroatoms. The van der Waals surface area contributed by atoms with Crippen LogP contribution >= 0.6 is 0 Å². The van der Waals surface area contributed by atoms with E-state index in [1.807, 2.05) is 19.1 Å². The number of hydrogen-bond acceptors (Lipinski definition) is 3. The molecule has 2 aromatic rings. The van der Waals surface area contributed by atoms with Gasteiger partial charge < -0.3 is 9.32 Å². The van der Waals surface area contributed by atoms with E-state index in [0.717, 1.165) is 50.2 Å². The molecular formula is C21H26FNO2. The Morgan fingerprint density at radius 2 is 1.96 bits per heavy atom. The summed E-state index contributed by atoms with van der Waals surface area (Å²) in [6, 6.07) is 10.4. The average Bonchev–Trinajstić information content (AvgIpc) is 3.16. The largest absolute Gasteiger partial charge is 0.469 e. The second-order valence-corrected chi connectivity index (χ2v) is 6.86. The van der Waals surface area contributed by atoms with Gasteiger partial charge >= 0.3 is 0 Å². The first kappa shape index (κ1) is 17.9. The van der Waals surface area contributed by atoms with E-state index in [-0.39, 0.29) is 17.5 Å². The molecule has 0 N–H and O–H groups in total. The summed E-state index contributed by atoms with van der Waals surface area (Å²) in [4.78, 5) is 15.0. The summed E-state index contributed by atoms with van der Waals surface area (Å²) >= 11 is 0. The summed E-state index contributed by atoms with van der Waals surface area (Å²) < 4.78 is 18.6. The van der Waals surface area contributed by atoms with Crippen LogP contribution in [0, 0.1) is 11.7 Å². The van der Waals surface area contributed by atoms with Crippen LogP contribution < -0.4 is 0 Å². The van der Waals surface area contributed by atoms with Gasteiger partial charge in [-0.15, -0.1) is 0 Å². The number of ketones is 1. The predicted molar refractivity (Wildman–Crippen MR) is 96.0 cm³/mol. The number of nitrogens with zero attached hydrogens (tertiary/aromatic N) is 1. The van der Waals surface area contributed by atoms with Crippen LogP contribution in [0.3, 0.4) is 0 Å². The summed E-state index contributed by atoms with van der Waals surface area (Å²) in [6.07, 6.45) is 5.18. The molecule has 1 aromatic heterocycles. The van der Waals surface area contributed by atoms with Gasteiger partial charge in [0.15, 0.2) is 0 Å². The van der Waals surface area contributed by atoms with Crippen LogP contribution in [0.2, 0.25) is 0 Å². The maximum atomic E-state index is 13.2. The highest BCUT2D eigenvalue weighted by atomic mass is 19.1. The molecule has 0 radical (unpaired) electrons. The number of rotatable bonds is 7. The fraction of sp³-hybridized carbons (Fsp3) is 0.476. The number of hydrogen-bond donors (Lipinski definition) is 0. The first-order chi connectivity index (χ1) is 12.2. The van der Waals surface area contributed by atoms with Crippen LogP contribution in [0.25, 0.3) is 0 Å². The maximum Gasteiger partial charge on any atom is 0.140 e. The predicted octanol–water partition coefficient (Wildman–Crippen LogP) is 4.44. The number of carbonyl (C=O) groups excluding carboxylic acids is 1. The monoisotopic (exact) mass is 343 g/mol. The smallest absolute Gasteiger partial charge is 0.140 e. The molecule has 0 bridgehead atoms. The lowest BCUT2D eigenvalue weighted by Gasteiger charge is -2.35. The van der Waals surface area contributed by atoms with E-state index in [1.165, 1.54) is 12.1 Å². The molecular weight excluding hydrogens is 317 g/mol. The van der Waals surface area contributed by atoms with Crippen molar-refractivity contribution in [1.82, 2.24) is 4.90 Å². The van der Waals surface area contributed by atoms with Crippen LogP contribution in [-0.4, -0.2) is 30.3 Å². The fourth-order valence-electron chi connectivity index (χ4n) is 3.84. The van der Waals surface area contributed by atoms with Gasteiger partial charge in [0.2, 0.25) is 0 Å². The summed E-state index contributed by atoms with van der Waals surface area (Å²) in [7, 11) is 0. The van der Waals surface area contributed by atoms with Crippen molar-refractivity contribution in [1.29, 1.82) is 0 Å². The molecule has 1 atom stereocenters. The van der Waals surface area contributed by atoms with Crippen molar-refractivity contribution >= 4 is 5.78 Å². The summed E-state index contributed by atoms with van der Waals surface area (Å²) in [5.74, 6) is 1.28. The molecule has 0 amide bonds. The van der Waals surface area contributed by atoms with Crippen molar-refractivity contribution < 1.29 is 13.6 Å². The van der Waals surface area contributed by atoms with Gasteiger partial charge in [-0.2, -0.15) is 0 Å². The Balaban J connectivity index is 1.60. The van der Waals surface area contributed by atoms with Gasteiger partial charge in [0.05, 0.1) is 6.26 Å². The van der Waals surface area contributed by atoms with Gasteiger partial charge in [0.25, 0.3) is 0 Å². The van der Waals surface area contributed by atoms with Gasteiger partial charge in [0, 0.05) is 25.3 Å². The van der Waals surface area contributed by atoms with Crippen molar-refractivity contribution in [3.63, 3.8) is 0 Å². The Morgan fingerprint density at radius 1 is 1.24 bits per heavy atom. The van der Waals surface area contributed by atoms with E-state index in [4.69, 9.17) is 4.42 Å². The average molecular weight is 343 g/mol. The minimum atomic E-state index is -0.251. The zero-order valence-electron chi connectivity index (χ0n) is 14.8. The molecule has 3 rings (SSSR count). The highest BCUT2D eigenvalue weighted by molar-refractivity contribution is 5.85. The number of furan rings is 1. The van der Waals surface area contributed by atoms with Crippen LogP contribution in [0.1, 0.15) is 43.4 Å². The van der Waals surface area contributed by atoms with E-state index in [1.54, 1.807) is 18.4 Å². The normalized spacial score (nSPS) is 17.5. The van der Waals surface area contributed by atoms with Crippen molar-refractivity contribution in [3.8, 4) is 0 Å². The number of benzene rings is 1.